The van der Waals surface area contributed by atoms with Crippen molar-refractivity contribution in [1.29, 1.82) is 0 Å². The van der Waals surface area contributed by atoms with Gasteiger partial charge in [-0.3, -0.25) is 9.59 Å². The molecule has 0 bridgehead atoms. The van der Waals surface area contributed by atoms with Gasteiger partial charge >= 0.3 is 5.97 Å². The molecule has 1 aromatic carbocycles. The quantitative estimate of drug-likeness (QED) is 0.827. The van der Waals surface area contributed by atoms with Crippen molar-refractivity contribution in [2.24, 2.45) is 0 Å². The lowest BCUT2D eigenvalue weighted by Crippen LogP contribution is -2.19. The molecule has 19 heavy (non-hydrogen) atoms. The molecule has 0 aliphatic carbocycles. The van der Waals surface area contributed by atoms with E-state index >= 15 is 0 Å². The van der Waals surface area contributed by atoms with Crippen LogP contribution in [0.2, 0.25) is 0 Å². The van der Waals surface area contributed by atoms with Crippen molar-refractivity contribution in [2.45, 2.75) is 6.92 Å². The Morgan fingerprint density at radius 2 is 1.89 bits per heavy atom. The maximum absolute atomic E-state index is 11.7. The van der Waals surface area contributed by atoms with Crippen LogP contribution in [-0.2, 0) is 4.79 Å². The van der Waals surface area contributed by atoms with Crippen molar-refractivity contribution in [3.63, 3.8) is 0 Å². The summed E-state index contributed by atoms with van der Waals surface area (Å²) in [7, 11) is 1.52. The molecule has 0 atom stereocenters. The molecule has 0 spiro atoms. The predicted octanol–water partition coefficient (Wildman–Crippen LogP) is 1.97. The summed E-state index contributed by atoms with van der Waals surface area (Å²) in [6, 6.07) is 11.1. The monoisotopic (exact) mass is 258 g/mol. The van der Waals surface area contributed by atoms with E-state index in [4.69, 9.17) is 4.74 Å². The number of esters is 1. The van der Waals surface area contributed by atoms with Crippen LogP contribution in [-0.4, -0.2) is 23.9 Å². The fourth-order valence-electron chi connectivity index (χ4n) is 1.74. The second kappa shape index (κ2) is 5.39. The van der Waals surface area contributed by atoms with Crippen LogP contribution in [0.5, 0.6) is 5.75 Å². The van der Waals surface area contributed by atoms with Crippen molar-refractivity contribution in [3.05, 3.63) is 42.1 Å². The molecule has 0 aliphatic heterocycles. The average Bonchev–Trinajstić information content (AvgIpc) is 2.82. The lowest BCUT2D eigenvalue weighted by atomic mass is 10.2. The number of aromatic nitrogens is 1. The van der Waals surface area contributed by atoms with Gasteiger partial charge in [0.2, 0.25) is 0 Å². The van der Waals surface area contributed by atoms with Crippen molar-refractivity contribution in [1.82, 2.24) is 10.3 Å². The first-order valence-corrected chi connectivity index (χ1v) is 5.80. The SMILES string of the molecule is CNC(=O)c1[nH]c(-c2ccccc2)cc1OC(C)=O. The summed E-state index contributed by atoms with van der Waals surface area (Å²) in [5, 5.41) is 2.50. The van der Waals surface area contributed by atoms with Crippen molar-refractivity contribution in [2.75, 3.05) is 7.05 Å². The van der Waals surface area contributed by atoms with E-state index in [0.29, 0.717) is 0 Å². The molecule has 98 valence electrons. The first kappa shape index (κ1) is 12.9. The standard InChI is InChI=1S/C14H14N2O3/c1-9(17)19-12-8-11(10-6-4-3-5-7-10)16-13(12)14(18)15-2/h3-8,16H,1-2H3,(H,15,18). The van der Waals surface area contributed by atoms with Crippen LogP contribution in [0.25, 0.3) is 11.3 Å². The van der Waals surface area contributed by atoms with Crippen LogP contribution in [0.15, 0.2) is 36.4 Å². The Bertz CT molecular complexity index is 602. The highest BCUT2D eigenvalue weighted by molar-refractivity contribution is 5.97. The highest BCUT2D eigenvalue weighted by Crippen LogP contribution is 2.27. The van der Waals surface area contributed by atoms with Crippen molar-refractivity contribution < 1.29 is 14.3 Å². The Balaban J connectivity index is 2.45. The normalized spacial score (nSPS) is 10.0. The van der Waals surface area contributed by atoms with Crippen LogP contribution < -0.4 is 10.1 Å². The molecule has 0 aliphatic rings. The fourth-order valence-corrected chi connectivity index (χ4v) is 1.74. The number of hydrogen-bond acceptors (Lipinski definition) is 3. The number of ether oxygens (including phenoxy) is 1. The highest BCUT2D eigenvalue weighted by Gasteiger charge is 2.17. The minimum atomic E-state index is -0.469. The maximum Gasteiger partial charge on any atom is 0.308 e. The van der Waals surface area contributed by atoms with E-state index in [9.17, 15) is 9.59 Å². The molecule has 1 heterocycles. The molecule has 0 unspecified atom stereocenters. The van der Waals surface area contributed by atoms with Gasteiger partial charge in [0.15, 0.2) is 5.75 Å². The molecule has 0 fully saturated rings. The van der Waals surface area contributed by atoms with Crippen LogP contribution >= 0.6 is 0 Å². The summed E-state index contributed by atoms with van der Waals surface area (Å²) in [5.41, 5.74) is 1.86. The first-order chi connectivity index (χ1) is 9.11. The molecule has 0 saturated heterocycles. The molecule has 2 rings (SSSR count). The molecule has 1 aromatic heterocycles. The third-order valence-corrected chi connectivity index (χ3v) is 2.57. The number of carbonyl (C=O) groups is 2. The van der Waals surface area contributed by atoms with Crippen LogP contribution in [0.1, 0.15) is 17.4 Å². The molecule has 5 nitrogen and oxygen atoms in total. The minimum absolute atomic E-state index is 0.228. The molecule has 1 amide bonds. The molecule has 0 radical (unpaired) electrons. The largest absolute Gasteiger partial charge is 0.424 e. The van der Waals surface area contributed by atoms with Gasteiger partial charge in [-0.1, -0.05) is 30.3 Å². The Kier molecular flexibility index (Phi) is 3.66. The second-order valence-electron chi connectivity index (χ2n) is 3.96. The van der Waals surface area contributed by atoms with Gasteiger partial charge in [-0.15, -0.1) is 0 Å². The van der Waals surface area contributed by atoms with Gasteiger partial charge in [0.1, 0.15) is 5.69 Å². The van der Waals surface area contributed by atoms with Gasteiger partial charge in [-0.05, 0) is 5.56 Å². The molecule has 5 heteroatoms. The number of amides is 1. The highest BCUT2D eigenvalue weighted by atomic mass is 16.5. The molecular formula is C14H14N2O3. The van der Waals surface area contributed by atoms with Crippen LogP contribution in [0, 0.1) is 0 Å². The number of benzene rings is 1. The lowest BCUT2D eigenvalue weighted by Gasteiger charge is -2.01. The van der Waals surface area contributed by atoms with E-state index in [1.165, 1.54) is 14.0 Å². The smallest absolute Gasteiger partial charge is 0.308 e. The third kappa shape index (κ3) is 2.82. The fraction of sp³-hybridized carbons (Fsp3) is 0.143. The number of rotatable bonds is 3. The van der Waals surface area contributed by atoms with E-state index in [1.54, 1.807) is 6.07 Å². The van der Waals surface area contributed by atoms with Gasteiger partial charge in [0.25, 0.3) is 5.91 Å². The third-order valence-electron chi connectivity index (χ3n) is 2.57. The Morgan fingerprint density at radius 1 is 1.21 bits per heavy atom. The Labute approximate surface area is 110 Å². The van der Waals surface area contributed by atoms with Crippen LogP contribution in [0.4, 0.5) is 0 Å². The van der Waals surface area contributed by atoms with Gasteiger partial charge in [-0.2, -0.15) is 0 Å². The number of hydrogen-bond donors (Lipinski definition) is 2. The zero-order valence-corrected chi connectivity index (χ0v) is 10.7. The van der Waals surface area contributed by atoms with E-state index in [-0.39, 0.29) is 17.4 Å². The van der Waals surface area contributed by atoms with E-state index in [0.717, 1.165) is 11.3 Å². The summed E-state index contributed by atoms with van der Waals surface area (Å²) in [4.78, 5) is 25.7. The minimum Gasteiger partial charge on any atom is -0.424 e. The summed E-state index contributed by atoms with van der Waals surface area (Å²) >= 11 is 0. The summed E-state index contributed by atoms with van der Waals surface area (Å²) in [5.74, 6) is -0.576. The van der Waals surface area contributed by atoms with Crippen molar-refractivity contribution in [3.8, 4) is 17.0 Å². The number of aromatic amines is 1. The summed E-state index contributed by atoms with van der Waals surface area (Å²) in [6.45, 7) is 1.29. The number of H-pyrrole nitrogens is 1. The Morgan fingerprint density at radius 3 is 2.47 bits per heavy atom. The van der Waals surface area contributed by atoms with Gasteiger partial charge in [0, 0.05) is 25.7 Å². The van der Waals surface area contributed by atoms with E-state index in [2.05, 4.69) is 10.3 Å². The van der Waals surface area contributed by atoms with Gasteiger partial charge in [0.05, 0.1) is 0 Å². The maximum atomic E-state index is 11.7. The van der Waals surface area contributed by atoms with E-state index in [1.807, 2.05) is 30.3 Å². The van der Waals surface area contributed by atoms with Crippen LogP contribution in [0.3, 0.4) is 0 Å². The molecule has 0 saturated carbocycles. The number of carbonyl (C=O) groups excluding carboxylic acids is 2. The zero-order valence-electron chi connectivity index (χ0n) is 10.7. The lowest BCUT2D eigenvalue weighted by molar-refractivity contribution is -0.131. The van der Waals surface area contributed by atoms with Gasteiger partial charge in [-0.25, -0.2) is 0 Å². The second-order valence-corrected chi connectivity index (χ2v) is 3.96. The topological polar surface area (TPSA) is 71.2 Å². The Hall–Kier alpha value is -2.56. The van der Waals surface area contributed by atoms with Gasteiger partial charge < -0.3 is 15.0 Å². The summed E-state index contributed by atoms with van der Waals surface area (Å²) < 4.78 is 5.04. The first-order valence-electron chi connectivity index (χ1n) is 5.80. The predicted molar refractivity (Wildman–Crippen MR) is 70.9 cm³/mol. The molecular weight excluding hydrogens is 244 g/mol. The summed E-state index contributed by atoms with van der Waals surface area (Å²) in [6.07, 6.45) is 0. The average molecular weight is 258 g/mol. The zero-order chi connectivity index (χ0) is 13.8. The molecule has 2 N–H and O–H groups in total. The van der Waals surface area contributed by atoms with E-state index < -0.39 is 5.97 Å². The van der Waals surface area contributed by atoms with Crippen molar-refractivity contribution >= 4 is 11.9 Å². The number of nitrogens with one attached hydrogen (secondary N) is 2. The molecule has 2 aromatic rings.